The highest BCUT2D eigenvalue weighted by molar-refractivity contribution is 6.35. The second-order valence-electron chi connectivity index (χ2n) is 5.51. The van der Waals surface area contributed by atoms with E-state index in [0.717, 1.165) is 0 Å². The summed E-state index contributed by atoms with van der Waals surface area (Å²) in [4.78, 5) is 0. The number of nitrogens with zero attached hydrogens (tertiary/aromatic N) is 3. The molecule has 0 bridgehead atoms. The minimum atomic E-state index is -0.0456. The zero-order valence-corrected chi connectivity index (χ0v) is 18.3. The third kappa shape index (κ3) is 5.46. The van der Waals surface area contributed by atoms with Crippen LogP contribution in [0.1, 0.15) is 11.1 Å². The Morgan fingerprint density at radius 1 is 0.833 bits per heavy atom. The first-order chi connectivity index (χ1) is 14.5. The molecule has 0 aromatic heterocycles. The van der Waals surface area contributed by atoms with E-state index in [1.54, 1.807) is 24.3 Å². The molecule has 0 aliphatic rings. The van der Waals surface area contributed by atoms with Crippen LogP contribution in [0.2, 0.25) is 10.0 Å². The van der Waals surface area contributed by atoms with Gasteiger partial charge in [0.1, 0.15) is 0 Å². The largest absolute Gasteiger partial charge is 0.493 e. The molecule has 2 aromatic rings. The Balaban J connectivity index is 2.08. The highest BCUT2D eigenvalue weighted by Crippen LogP contribution is 2.37. The summed E-state index contributed by atoms with van der Waals surface area (Å²) in [5.74, 6) is 1.77. The lowest BCUT2D eigenvalue weighted by molar-refractivity contribution is 0.355. The van der Waals surface area contributed by atoms with Crippen molar-refractivity contribution in [3.8, 4) is 23.0 Å². The normalized spacial score (nSPS) is 11.7. The molecule has 0 radical (unpaired) electrons. The monoisotopic (exact) mass is 453 g/mol. The maximum absolute atomic E-state index is 6.28. The van der Waals surface area contributed by atoms with Crippen molar-refractivity contribution in [1.29, 1.82) is 0 Å². The molecule has 0 heterocycles. The molecule has 0 fully saturated rings. The zero-order chi connectivity index (χ0) is 22.1. The predicted molar refractivity (Wildman–Crippen MR) is 119 cm³/mol. The van der Waals surface area contributed by atoms with Gasteiger partial charge in [-0.3, -0.25) is 0 Å². The van der Waals surface area contributed by atoms with Crippen LogP contribution >= 0.6 is 23.2 Å². The van der Waals surface area contributed by atoms with Gasteiger partial charge in [0.05, 0.1) is 50.9 Å². The molecule has 30 heavy (non-hydrogen) atoms. The van der Waals surface area contributed by atoms with Crippen molar-refractivity contribution in [2.45, 2.75) is 0 Å². The van der Waals surface area contributed by atoms with Gasteiger partial charge in [0.25, 0.3) is 0 Å². The van der Waals surface area contributed by atoms with Gasteiger partial charge in [0.15, 0.2) is 23.0 Å². The molecule has 160 valence electrons. The first-order valence-electron chi connectivity index (χ1n) is 8.43. The molecule has 2 aromatic carbocycles. The average molecular weight is 454 g/mol. The van der Waals surface area contributed by atoms with Gasteiger partial charge in [0.2, 0.25) is 5.96 Å². The van der Waals surface area contributed by atoms with Crippen LogP contribution in [0.4, 0.5) is 0 Å². The van der Waals surface area contributed by atoms with E-state index in [2.05, 4.69) is 20.7 Å². The SMILES string of the molecule is COc1ccc(/C=N/N=C(N)N/N=C/c2ccc(OC)c(OC)c2Cl)c(Cl)c1OC. The number of hydrazone groups is 1. The van der Waals surface area contributed by atoms with Crippen molar-refractivity contribution in [2.24, 2.45) is 21.0 Å². The predicted octanol–water partition coefficient (Wildman–Crippen LogP) is 3.30. The fourth-order valence-electron chi connectivity index (χ4n) is 2.35. The van der Waals surface area contributed by atoms with E-state index in [4.69, 9.17) is 47.9 Å². The number of benzene rings is 2. The number of nitrogens with one attached hydrogen (secondary N) is 1. The molecule has 2 rings (SSSR count). The van der Waals surface area contributed by atoms with E-state index >= 15 is 0 Å². The average Bonchev–Trinajstić information content (AvgIpc) is 2.75. The molecular weight excluding hydrogens is 433 g/mol. The first kappa shape index (κ1) is 23.1. The standard InChI is InChI=1S/C19H21Cl2N5O4/c1-27-13-7-5-11(15(20)17(13)29-3)9-23-25-19(22)26-24-10-12-6-8-14(28-2)18(30-4)16(12)21/h5-10H,1-4H3,(H3,22,25,26)/b23-9+,24-10+. The molecule has 0 atom stereocenters. The summed E-state index contributed by atoms with van der Waals surface area (Å²) in [5, 5.41) is 12.3. The van der Waals surface area contributed by atoms with E-state index < -0.39 is 0 Å². The van der Waals surface area contributed by atoms with Crippen LogP contribution in [-0.2, 0) is 0 Å². The van der Waals surface area contributed by atoms with Gasteiger partial charge in [-0.2, -0.15) is 10.2 Å². The smallest absolute Gasteiger partial charge is 0.234 e. The Morgan fingerprint density at radius 3 is 1.80 bits per heavy atom. The molecule has 11 heteroatoms. The number of hydrogen-bond donors (Lipinski definition) is 2. The third-order valence-electron chi connectivity index (χ3n) is 3.77. The Hall–Kier alpha value is -3.17. The van der Waals surface area contributed by atoms with Gasteiger partial charge < -0.3 is 24.7 Å². The number of hydrogen-bond acceptors (Lipinski definition) is 7. The summed E-state index contributed by atoms with van der Waals surface area (Å²) >= 11 is 12.6. The second-order valence-corrected chi connectivity index (χ2v) is 6.26. The maximum atomic E-state index is 6.28. The van der Waals surface area contributed by atoms with Crippen LogP contribution in [0.3, 0.4) is 0 Å². The van der Waals surface area contributed by atoms with Gasteiger partial charge in [0, 0.05) is 11.1 Å². The third-order valence-corrected chi connectivity index (χ3v) is 4.55. The van der Waals surface area contributed by atoms with Gasteiger partial charge in [-0.05, 0) is 24.3 Å². The Morgan fingerprint density at radius 2 is 1.33 bits per heavy atom. The summed E-state index contributed by atoms with van der Waals surface area (Å²) in [6, 6.07) is 6.85. The molecule has 0 aliphatic heterocycles. The molecule has 0 unspecified atom stereocenters. The van der Waals surface area contributed by atoms with Crippen LogP contribution in [0.25, 0.3) is 0 Å². The lowest BCUT2D eigenvalue weighted by Crippen LogP contribution is -2.26. The van der Waals surface area contributed by atoms with E-state index in [1.165, 1.54) is 40.9 Å². The van der Waals surface area contributed by atoms with Crippen molar-refractivity contribution in [3.63, 3.8) is 0 Å². The number of methoxy groups -OCH3 is 4. The summed E-state index contributed by atoms with van der Waals surface area (Å²) in [5.41, 5.74) is 9.45. The fourth-order valence-corrected chi connectivity index (χ4v) is 2.92. The lowest BCUT2D eigenvalue weighted by atomic mass is 10.2. The van der Waals surface area contributed by atoms with Crippen molar-refractivity contribution in [1.82, 2.24) is 5.43 Å². The van der Waals surface area contributed by atoms with E-state index in [9.17, 15) is 0 Å². The van der Waals surface area contributed by atoms with Crippen LogP contribution in [0.15, 0.2) is 39.6 Å². The number of halogens is 2. The quantitative estimate of drug-likeness (QED) is 0.360. The Labute approximate surface area is 184 Å². The van der Waals surface area contributed by atoms with Crippen LogP contribution < -0.4 is 30.1 Å². The summed E-state index contributed by atoms with van der Waals surface area (Å²) in [6.45, 7) is 0. The highest BCUT2D eigenvalue weighted by Gasteiger charge is 2.12. The van der Waals surface area contributed by atoms with E-state index in [0.29, 0.717) is 44.2 Å². The lowest BCUT2D eigenvalue weighted by Gasteiger charge is -2.10. The summed E-state index contributed by atoms with van der Waals surface area (Å²) in [7, 11) is 6.04. The number of rotatable bonds is 8. The molecule has 0 saturated heterocycles. The maximum Gasteiger partial charge on any atom is 0.234 e. The first-order valence-corrected chi connectivity index (χ1v) is 9.18. The molecule has 0 aliphatic carbocycles. The Bertz CT molecular complexity index is 980. The van der Waals surface area contributed by atoms with Gasteiger partial charge in [-0.15, -0.1) is 5.10 Å². The summed E-state index contributed by atoms with van der Waals surface area (Å²) in [6.07, 6.45) is 2.88. The topological polar surface area (TPSA) is 112 Å². The van der Waals surface area contributed by atoms with Crippen LogP contribution in [0.5, 0.6) is 23.0 Å². The van der Waals surface area contributed by atoms with Gasteiger partial charge >= 0.3 is 0 Å². The molecule has 3 N–H and O–H groups in total. The van der Waals surface area contributed by atoms with Crippen molar-refractivity contribution in [2.75, 3.05) is 28.4 Å². The van der Waals surface area contributed by atoms with Crippen LogP contribution in [-0.4, -0.2) is 46.8 Å². The molecule has 0 spiro atoms. The fraction of sp³-hybridized carbons (Fsp3) is 0.211. The summed E-state index contributed by atoms with van der Waals surface area (Å²) < 4.78 is 20.8. The number of guanidine groups is 1. The van der Waals surface area contributed by atoms with Crippen molar-refractivity contribution >= 4 is 41.6 Å². The second kappa shape index (κ2) is 11.1. The van der Waals surface area contributed by atoms with E-state index in [1.807, 2.05) is 0 Å². The van der Waals surface area contributed by atoms with Crippen LogP contribution in [0, 0.1) is 0 Å². The minimum absolute atomic E-state index is 0.0456. The molecular formula is C19H21Cl2N5O4. The molecule has 0 saturated carbocycles. The Kier molecular flexibility index (Phi) is 8.57. The molecule has 0 amide bonds. The van der Waals surface area contributed by atoms with Crippen molar-refractivity contribution in [3.05, 3.63) is 45.4 Å². The van der Waals surface area contributed by atoms with E-state index in [-0.39, 0.29) is 5.96 Å². The minimum Gasteiger partial charge on any atom is -0.493 e. The number of nitrogens with two attached hydrogens (primary N) is 1. The highest BCUT2D eigenvalue weighted by atomic mass is 35.5. The van der Waals surface area contributed by atoms with Crippen molar-refractivity contribution < 1.29 is 18.9 Å². The van der Waals surface area contributed by atoms with Gasteiger partial charge in [-0.25, -0.2) is 5.43 Å². The molecule has 9 nitrogen and oxygen atoms in total. The number of ether oxygens (including phenoxy) is 4. The van der Waals surface area contributed by atoms with Gasteiger partial charge in [-0.1, -0.05) is 23.2 Å². The zero-order valence-electron chi connectivity index (χ0n) is 16.8.